The standard InChI is InChI=1S/C16H16BrNO2/c1-9-4-5-13(16(19)20)14(6-9)18-12-7-10(2)15(17)11(3)8-12/h4-8,18H,1-3H3,(H,19,20). The third kappa shape index (κ3) is 3.02. The molecule has 20 heavy (non-hydrogen) atoms. The van der Waals surface area contributed by atoms with Crippen LogP contribution in [0.25, 0.3) is 0 Å². The van der Waals surface area contributed by atoms with E-state index in [1.165, 1.54) is 0 Å². The van der Waals surface area contributed by atoms with Crippen LogP contribution in [0, 0.1) is 20.8 Å². The fourth-order valence-electron chi connectivity index (χ4n) is 2.12. The summed E-state index contributed by atoms with van der Waals surface area (Å²) >= 11 is 3.53. The summed E-state index contributed by atoms with van der Waals surface area (Å²) in [5.41, 5.74) is 5.00. The molecule has 0 spiro atoms. The van der Waals surface area contributed by atoms with Crippen LogP contribution in [0.3, 0.4) is 0 Å². The van der Waals surface area contributed by atoms with E-state index in [0.717, 1.165) is 26.9 Å². The first-order valence-corrected chi connectivity index (χ1v) is 7.05. The van der Waals surface area contributed by atoms with Crippen molar-refractivity contribution < 1.29 is 9.90 Å². The van der Waals surface area contributed by atoms with Crippen molar-refractivity contribution in [2.24, 2.45) is 0 Å². The highest BCUT2D eigenvalue weighted by Gasteiger charge is 2.11. The molecule has 0 amide bonds. The second kappa shape index (κ2) is 5.67. The van der Waals surface area contributed by atoms with E-state index in [1.807, 2.05) is 39.0 Å². The zero-order valence-electron chi connectivity index (χ0n) is 11.6. The molecule has 2 aromatic rings. The molecule has 4 heteroatoms. The number of carboxylic acids is 1. The van der Waals surface area contributed by atoms with Crippen LogP contribution in [0.4, 0.5) is 11.4 Å². The summed E-state index contributed by atoms with van der Waals surface area (Å²) in [7, 11) is 0. The van der Waals surface area contributed by atoms with Crippen LogP contribution in [0.15, 0.2) is 34.8 Å². The maximum Gasteiger partial charge on any atom is 0.337 e. The van der Waals surface area contributed by atoms with Crippen molar-refractivity contribution in [3.8, 4) is 0 Å². The maximum absolute atomic E-state index is 11.3. The number of benzene rings is 2. The number of hydrogen-bond acceptors (Lipinski definition) is 2. The van der Waals surface area contributed by atoms with Crippen molar-refractivity contribution in [3.05, 3.63) is 57.1 Å². The molecule has 2 rings (SSSR count). The minimum Gasteiger partial charge on any atom is -0.478 e. The van der Waals surface area contributed by atoms with Crippen LogP contribution in [0.2, 0.25) is 0 Å². The van der Waals surface area contributed by atoms with E-state index in [4.69, 9.17) is 0 Å². The molecule has 0 radical (unpaired) electrons. The lowest BCUT2D eigenvalue weighted by atomic mass is 10.1. The topological polar surface area (TPSA) is 49.3 Å². The molecule has 0 aliphatic carbocycles. The summed E-state index contributed by atoms with van der Waals surface area (Å²) in [5, 5.41) is 12.4. The third-order valence-corrected chi connectivity index (χ3v) is 4.37. The monoisotopic (exact) mass is 333 g/mol. The molecular formula is C16H16BrNO2. The van der Waals surface area contributed by atoms with Crippen molar-refractivity contribution in [1.29, 1.82) is 0 Å². The summed E-state index contributed by atoms with van der Waals surface area (Å²) in [4.78, 5) is 11.3. The average Bonchev–Trinajstić information content (AvgIpc) is 2.35. The Morgan fingerprint density at radius 3 is 2.25 bits per heavy atom. The first kappa shape index (κ1) is 14.6. The summed E-state index contributed by atoms with van der Waals surface area (Å²) in [6, 6.07) is 9.25. The molecule has 0 heterocycles. The maximum atomic E-state index is 11.3. The lowest BCUT2D eigenvalue weighted by Crippen LogP contribution is -2.03. The van der Waals surface area contributed by atoms with Crippen molar-refractivity contribution in [2.75, 3.05) is 5.32 Å². The van der Waals surface area contributed by atoms with Gasteiger partial charge in [0.1, 0.15) is 0 Å². The molecule has 2 aromatic carbocycles. The molecule has 0 bridgehead atoms. The average molecular weight is 334 g/mol. The molecule has 3 nitrogen and oxygen atoms in total. The molecule has 0 unspecified atom stereocenters. The first-order chi connectivity index (χ1) is 9.38. The minimum atomic E-state index is -0.932. The van der Waals surface area contributed by atoms with Gasteiger partial charge in [-0.2, -0.15) is 0 Å². The van der Waals surface area contributed by atoms with Gasteiger partial charge >= 0.3 is 5.97 Å². The van der Waals surface area contributed by atoms with Gasteiger partial charge in [0.15, 0.2) is 0 Å². The molecule has 0 saturated carbocycles. The Kier molecular flexibility index (Phi) is 4.14. The first-order valence-electron chi connectivity index (χ1n) is 6.26. The van der Waals surface area contributed by atoms with Crippen molar-refractivity contribution >= 4 is 33.3 Å². The smallest absolute Gasteiger partial charge is 0.337 e. The lowest BCUT2D eigenvalue weighted by molar-refractivity contribution is 0.0698. The summed E-state index contributed by atoms with van der Waals surface area (Å²) < 4.78 is 1.07. The van der Waals surface area contributed by atoms with Crippen molar-refractivity contribution in [3.63, 3.8) is 0 Å². The van der Waals surface area contributed by atoms with E-state index in [1.54, 1.807) is 12.1 Å². The van der Waals surface area contributed by atoms with Crippen LogP contribution >= 0.6 is 15.9 Å². The predicted molar refractivity (Wildman–Crippen MR) is 85.0 cm³/mol. The Morgan fingerprint density at radius 1 is 1.10 bits per heavy atom. The summed E-state index contributed by atoms with van der Waals surface area (Å²) in [5.74, 6) is -0.932. The zero-order valence-corrected chi connectivity index (χ0v) is 13.2. The lowest BCUT2D eigenvalue weighted by Gasteiger charge is -2.13. The van der Waals surface area contributed by atoms with Gasteiger partial charge in [-0.05, 0) is 61.7 Å². The van der Waals surface area contributed by atoms with Crippen LogP contribution in [-0.4, -0.2) is 11.1 Å². The Balaban J connectivity index is 2.44. The minimum absolute atomic E-state index is 0.272. The third-order valence-electron chi connectivity index (χ3n) is 3.12. The SMILES string of the molecule is Cc1ccc(C(=O)O)c(Nc2cc(C)c(Br)c(C)c2)c1. The van der Waals surface area contributed by atoms with E-state index < -0.39 is 5.97 Å². The highest BCUT2D eigenvalue weighted by Crippen LogP contribution is 2.28. The number of aromatic carboxylic acids is 1. The Hall–Kier alpha value is -1.81. The van der Waals surface area contributed by atoms with Gasteiger partial charge in [0.2, 0.25) is 0 Å². The van der Waals surface area contributed by atoms with E-state index in [0.29, 0.717) is 5.69 Å². The van der Waals surface area contributed by atoms with E-state index in [-0.39, 0.29) is 5.56 Å². The molecule has 0 saturated heterocycles. The van der Waals surface area contributed by atoms with Gasteiger partial charge in [0.05, 0.1) is 11.3 Å². The molecule has 0 atom stereocenters. The van der Waals surface area contributed by atoms with E-state index in [2.05, 4.69) is 21.2 Å². The number of rotatable bonds is 3. The van der Waals surface area contributed by atoms with Crippen molar-refractivity contribution in [1.82, 2.24) is 0 Å². The molecule has 0 aliphatic heterocycles. The second-order valence-electron chi connectivity index (χ2n) is 4.90. The largest absolute Gasteiger partial charge is 0.478 e. The van der Waals surface area contributed by atoms with Crippen LogP contribution in [0.5, 0.6) is 0 Å². The number of aryl methyl sites for hydroxylation is 3. The number of anilines is 2. The molecule has 0 aromatic heterocycles. The quantitative estimate of drug-likeness (QED) is 0.846. The van der Waals surface area contributed by atoms with Gasteiger partial charge in [-0.25, -0.2) is 4.79 Å². The predicted octanol–water partition coefficient (Wildman–Crippen LogP) is 4.82. The van der Waals surface area contributed by atoms with Crippen LogP contribution < -0.4 is 5.32 Å². The Labute approximate surface area is 126 Å². The summed E-state index contributed by atoms with van der Waals surface area (Å²) in [6.07, 6.45) is 0. The van der Waals surface area contributed by atoms with Crippen molar-refractivity contribution in [2.45, 2.75) is 20.8 Å². The van der Waals surface area contributed by atoms with Crippen LogP contribution in [-0.2, 0) is 0 Å². The normalized spacial score (nSPS) is 10.4. The van der Waals surface area contributed by atoms with E-state index >= 15 is 0 Å². The fraction of sp³-hybridized carbons (Fsp3) is 0.188. The number of hydrogen-bond donors (Lipinski definition) is 2. The Morgan fingerprint density at radius 2 is 1.70 bits per heavy atom. The van der Waals surface area contributed by atoms with Gasteiger partial charge in [0.25, 0.3) is 0 Å². The fourth-order valence-corrected chi connectivity index (χ4v) is 2.35. The number of nitrogens with one attached hydrogen (secondary N) is 1. The Bertz CT molecular complexity index is 657. The van der Waals surface area contributed by atoms with Gasteiger partial charge in [0, 0.05) is 10.2 Å². The molecular weight excluding hydrogens is 318 g/mol. The summed E-state index contributed by atoms with van der Waals surface area (Å²) in [6.45, 7) is 5.96. The van der Waals surface area contributed by atoms with Gasteiger partial charge < -0.3 is 10.4 Å². The second-order valence-corrected chi connectivity index (χ2v) is 5.70. The van der Waals surface area contributed by atoms with Gasteiger partial charge in [-0.15, -0.1) is 0 Å². The molecule has 0 fully saturated rings. The molecule has 2 N–H and O–H groups in total. The highest BCUT2D eigenvalue weighted by atomic mass is 79.9. The van der Waals surface area contributed by atoms with Gasteiger partial charge in [-0.3, -0.25) is 0 Å². The highest BCUT2D eigenvalue weighted by molar-refractivity contribution is 9.10. The number of carbonyl (C=O) groups is 1. The number of halogens is 1. The van der Waals surface area contributed by atoms with Crippen LogP contribution in [0.1, 0.15) is 27.0 Å². The zero-order chi connectivity index (χ0) is 14.9. The molecule has 104 valence electrons. The number of carboxylic acid groups (broad SMARTS) is 1. The van der Waals surface area contributed by atoms with E-state index in [9.17, 15) is 9.90 Å². The molecule has 0 aliphatic rings. The van der Waals surface area contributed by atoms with Gasteiger partial charge in [-0.1, -0.05) is 22.0 Å².